The Morgan fingerprint density at radius 2 is 1.67 bits per heavy atom. The van der Waals surface area contributed by atoms with E-state index in [0.29, 0.717) is 27.2 Å². The third-order valence-corrected chi connectivity index (χ3v) is 7.59. The van der Waals surface area contributed by atoms with Crippen LogP contribution in [0, 0.1) is 6.92 Å². The summed E-state index contributed by atoms with van der Waals surface area (Å²) in [7, 11) is 0. The minimum Gasteiger partial charge on any atom is -0.492 e. The molecular formula is C28H22Cl2N2O3S. The fourth-order valence-corrected chi connectivity index (χ4v) is 5.47. The number of ether oxygens (including phenoxy) is 1. The second-order valence-corrected chi connectivity index (χ2v) is 10.2. The predicted octanol–water partition coefficient (Wildman–Crippen LogP) is 7.42. The van der Waals surface area contributed by atoms with Gasteiger partial charge >= 0.3 is 0 Å². The van der Waals surface area contributed by atoms with Crippen molar-refractivity contribution in [3.63, 3.8) is 0 Å². The number of carbonyl (C=O) groups is 2. The molecule has 0 unspecified atom stereocenters. The number of nitrogens with zero attached hydrogens (tertiary/aromatic N) is 2. The highest BCUT2D eigenvalue weighted by molar-refractivity contribution is 8.18. The van der Waals surface area contributed by atoms with Gasteiger partial charge in [0.1, 0.15) is 12.4 Å². The molecule has 2 amide bonds. The first-order chi connectivity index (χ1) is 17.4. The van der Waals surface area contributed by atoms with Crippen molar-refractivity contribution in [1.82, 2.24) is 9.47 Å². The van der Waals surface area contributed by atoms with Gasteiger partial charge in [0.05, 0.1) is 18.0 Å². The molecule has 1 aromatic heterocycles. The fourth-order valence-electron chi connectivity index (χ4n) is 4.10. The van der Waals surface area contributed by atoms with Crippen LogP contribution < -0.4 is 4.74 Å². The normalized spacial score (nSPS) is 14.9. The summed E-state index contributed by atoms with van der Waals surface area (Å²) in [5.41, 5.74) is 3.78. The number of carbonyl (C=O) groups excluding carboxylic acids is 2. The van der Waals surface area contributed by atoms with Crippen LogP contribution in [-0.4, -0.2) is 33.8 Å². The van der Waals surface area contributed by atoms with Gasteiger partial charge in [-0.2, -0.15) is 0 Å². The number of amides is 2. The second-order valence-electron chi connectivity index (χ2n) is 8.42. The first-order valence-electron chi connectivity index (χ1n) is 11.4. The quantitative estimate of drug-likeness (QED) is 0.230. The van der Waals surface area contributed by atoms with E-state index in [1.807, 2.05) is 84.4 Å². The number of thioether (sulfide) groups is 1. The van der Waals surface area contributed by atoms with Gasteiger partial charge in [0, 0.05) is 38.3 Å². The topological polar surface area (TPSA) is 51.5 Å². The Kier molecular flexibility index (Phi) is 7.10. The summed E-state index contributed by atoms with van der Waals surface area (Å²) in [5, 5.41) is 1.85. The molecular weight excluding hydrogens is 515 g/mol. The zero-order chi connectivity index (χ0) is 25.2. The minimum atomic E-state index is -0.316. The average Bonchev–Trinajstić information content (AvgIpc) is 3.34. The summed E-state index contributed by atoms with van der Waals surface area (Å²) in [6.45, 7) is 2.89. The Balaban J connectivity index is 1.37. The molecule has 1 aliphatic heterocycles. The Hall–Kier alpha value is -3.19. The highest BCUT2D eigenvalue weighted by Gasteiger charge is 2.35. The van der Waals surface area contributed by atoms with Gasteiger partial charge in [-0.1, -0.05) is 65.2 Å². The number of hydrogen-bond donors (Lipinski definition) is 0. The lowest BCUT2D eigenvalue weighted by Crippen LogP contribution is -2.32. The summed E-state index contributed by atoms with van der Waals surface area (Å²) >= 11 is 13.7. The molecule has 1 fully saturated rings. The van der Waals surface area contributed by atoms with Gasteiger partial charge in [0.25, 0.3) is 11.1 Å². The van der Waals surface area contributed by atoms with Gasteiger partial charge in [-0.3, -0.25) is 14.5 Å². The summed E-state index contributed by atoms with van der Waals surface area (Å²) in [4.78, 5) is 27.3. The van der Waals surface area contributed by atoms with Crippen molar-refractivity contribution in [2.75, 3.05) is 13.2 Å². The van der Waals surface area contributed by atoms with Crippen molar-refractivity contribution in [2.24, 2.45) is 0 Å². The van der Waals surface area contributed by atoms with Gasteiger partial charge in [-0.15, -0.1) is 0 Å². The van der Waals surface area contributed by atoms with Crippen LogP contribution in [0.3, 0.4) is 0 Å². The maximum Gasteiger partial charge on any atom is 0.293 e. The van der Waals surface area contributed by atoms with E-state index < -0.39 is 0 Å². The van der Waals surface area contributed by atoms with Crippen molar-refractivity contribution in [1.29, 1.82) is 0 Å². The summed E-state index contributed by atoms with van der Waals surface area (Å²) in [5.74, 6) is 0.387. The zero-order valence-electron chi connectivity index (χ0n) is 19.4. The number of aryl methyl sites for hydroxylation is 1. The number of para-hydroxylation sites is 1. The van der Waals surface area contributed by atoms with Crippen molar-refractivity contribution in [3.05, 3.63) is 105 Å². The van der Waals surface area contributed by atoms with Gasteiger partial charge < -0.3 is 9.30 Å². The van der Waals surface area contributed by atoms with Crippen molar-refractivity contribution >= 4 is 63.1 Å². The van der Waals surface area contributed by atoms with Crippen LogP contribution in [0.25, 0.3) is 17.0 Å². The van der Waals surface area contributed by atoms with Gasteiger partial charge in [-0.05, 0) is 55.1 Å². The highest BCUT2D eigenvalue weighted by Crippen LogP contribution is 2.35. The number of benzene rings is 3. The van der Waals surface area contributed by atoms with E-state index >= 15 is 0 Å². The molecule has 0 radical (unpaired) electrons. The van der Waals surface area contributed by atoms with E-state index in [-0.39, 0.29) is 24.3 Å². The van der Waals surface area contributed by atoms with Gasteiger partial charge in [-0.25, -0.2) is 0 Å². The van der Waals surface area contributed by atoms with Crippen molar-refractivity contribution in [2.45, 2.75) is 13.5 Å². The van der Waals surface area contributed by atoms with E-state index in [1.54, 1.807) is 6.08 Å². The van der Waals surface area contributed by atoms with Crippen LogP contribution in [0.2, 0.25) is 10.0 Å². The number of hydrogen-bond acceptors (Lipinski definition) is 4. The van der Waals surface area contributed by atoms with Gasteiger partial charge in [0.15, 0.2) is 0 Å². The fraction of sp³-hybridized carbons (Fsp3) is 0.143. The maximum absolute atomic E-state index is 13.0. The maximum atomic E-state index is 13.0. The Labute approximate surface area is 223 Å². The SMILES string of the molecule is Cc1ccc(OCCN2C(=O)S/C(=C\c3cn(Cc4c(Cl)cccc4Cl)c4ccccc34)C2=O)cc1. The minimum absolute atomic E-state index is 0.183. The molecule has 5 nitrogen and oxygen atoms in total. The number of rotatable bonds is 7. The van der Waals surface area contributed by atoms with Crippen LogP contribution >= 0.6 is 35.0 Å². The molecule has 2 heterocycles. The molecule has 36 heavy (non-hydrogen) atoms. The van der Waals surface area contributed by atoms with Crippen LogP contribution in [-0.2, 0) is 11.3 Å². The summed E-state index contributed by atoms with van der Waals surface area (Å²) in [6, 6.07) is 21.0. The van der Waals surface area contributed by atoms with Gasteiger partial charge in [0.2, 0.25) is 0 Å². The molecule has 0 spiro atoms. The van der Waals surface area contributed by atoms with E-state index in [2.05, 4.69) is 0 Å². The van der Waals surface area contributed by atoms with Crippen LogP contribution in [0.4, 0.5) is 4.79 Å². The Morgan fingerprint density at radius 1 is 0.944 bits per heavy atom. The van der Waals surface area contributed by atoms with E-state index in [4.69, 9.17) is 27.9 Å². The Morgan fingerprint density at radius 3 is 2.42 bits per heavy atom. The molecule has 4 aromatic rings. The number of halogens is 2. The molecule has 1 aliphatic rings. The monoisotopic (exact) mass is 536 g/mol. The first-order valence-corrected chi connectivity index (χ1v) is 12.9. The van der Waals surface area contributed by atoms with Crippen LogP contribution in [0.1, 0.15) is 16.7 Å². The first kappa shape index (κ1) is 24.5. The standard InChI is InChI=1S/C28H22Cl2N2O3S/c1-18-9-11-20(12-10-18)35-14-13-32-27(33)26(36-28(32)34)15-19-16-31(25-8-3-2-5-21(19)25)17-22-23(29)6-4-7-24(22)30/h2-12,15-16H,13-14,17H2,1H3/b26-15-. The molecule has 3 aromatic carbocycles. The number of imide groups is 1. The van der Waals surface area contributed by atoms with E-state index in [1.165, 1.54) is 4.90 Å². The predicted molar refractivity (Wildman–Crippen MR) is 147 cm³/mol. The molecule has 5 rings (SSSR count). The summed E-state index contributed by atoms with van der Waals surface area (Å²) < 4.78 is 7.76. The lowest BCUT2D eigenvalue weighted by Gasteiger charge is -2.13. The van der Waals surface area contributed by atoms with Crippen molar-refractivity contribution in [3.8, 4) is 5.75 Å². The van der Waals surface area contributed by atoms with E-state index in [0.717, 1.165) is 39.4 Å². The molecule has 0 N–H and O–H groups in total. The summed E-state index contributed by atoms with van der Waals surface area (Å²) in [6.07, 6.45) is 3.73. The second kappa shape index (κ2) is 10.4. The zero-order valence-corrected chi connectivity index (χ0v) is 21.7. The molecule has 0 atom stereocenters. The van der Waals surface area contributed by atoms with Crippen LogP contribution in [0.5, 0.6) is 5.75 Å². The molecule has 0 aliphatic carbocycles. The average molecular weight is 537 g/mol. The highest BCUT2D eigenvalue weighted by atomic mass is 35.5. The smallest absolute Gasteiger partial charge is 0.293 e. The molecule has 8 heteroatoms. The largest absolute Gasteiger partial charge is 0.492 e. The molecule has 0 saturated carbocycles. The lowest BCUT2D eigenvalue weighted by molar-refractivity contribution is -0.123. The van der Waals surface area contributed by atoms with Crippen molar-refractivity contribution < 1.29 is 14.3 Å². The Bertz CT molecular complexity index is 1470. The third-order valence-electron chi connectivity index (χ3n) is 5.97. The number of aromatic nitrogens is 1. The third kappa shape index (κ3) is 5.03. The lowest BCUT2D eigenvalue weighted by atomic mass is 10.1. The molecule has 0 bridgehead atoms. The van der Waals surface area contributed by atoms with E-state index in [9.17, 15) is 9.59 Å². The number of fused-ring (bicyclic) bond motifs is 1. The molecule has 1 saturated heterocycles. The molecule has 182 valence electrons. The van der Waals surface area contributed by atoms with Crippen LogP contribution in [0.15, 0.2) is 77.8 Å².